The molecule has 0 bridgehead atoms. The molecule has 0 amide bonds. The second-order valence-electron chi connectivity index (χ2n) is 31.2. The molecule has 0 unspecified atom stereocenters. The van der Waals surface area contributed by atoms with Crippen LogP contribution in [-0.4, -0.2) is 343 Å². The fraction of sp³-hybridized carbons (Fsp3) is 0.955. The smallest absolute Gasteiger partial charge is 0.316 e. The maximum absolute atomic E-state index is 14.6. The van der Waals surface area contributed by atoms with Gasteiger partial charge >= 0.3 is 5.97 Å². The van der Waals surface area contributed by atoms with Gasteiger partial charge in [0.1, 0.15) is 151 Å². The van der Waals surface area contributed by atoms with E-state index < -0.39 is 257 Å². The van der Waals surface area contributed by atoms with Crippen LogP contribution in [0, 0.1) is 45.3 Å². The van der Waals surface area contributed by atoms with Crippen LogP contribution >= 0.6 is 0 Å². The van der Waals surface area contributed by atoms with Crippen molar-refractivity contribution in [2.75, 3.05) is 53.9 Å². The predicted molar refractivity (Wildman–Crippen MR) is 333 cm³/mol. The molecule has 11 aliphatic rings. The molecular formula is C67H110O33. The predicted octanol–water partition coefficient (Wildman–Crippen LogP) is -5.06. The number of hydrogen-bond acceptors (Lipinski definition) is 33. The number of hydrogen-bond donors (Lipinski definition) is 17. The Morgan fingerprint density at radius 2 is 0.940 bits per heavy atom. The SMILES string of the molecule is CO[C@@H]1[C@@H](O)[C@H](O[C@@H]2[C@@H](O)[C@H](O[C@H]3[C@H](O)[C@@H](O)[C@H](O[C@H]4[C@H](O[C@H]5CC[C@]6(C)C7=C[C@H](O)[C@]89C(=O)O[C@@](C)(CCCC(C)C)[C@H]8CC[C@@]9(C)[C@@H]7CC[C@@H]6C5(C)C)OC[C@@H](O[C@@H]5O[C@H](CO)[C@@H](O)[C@H](O[C@@H]6O[C@H](CO)[C@@H](O)[C@H](OC)[C@H]6O)[C@H]5O)[C@@H]4O)O[C@@H]3CO)O[C@H](CO)[C@H]2O)O[C@H](CO)[C@H]1O. The van der Waals surface area contributed by atoms with Crippen molar-refractivity contribution in [3.8, 4) is 0 Å². The van der Waals surface area contributed by atoms with Crippen LogP contribution in [0.15, 0.2) is 11.6 Å². The Bertz CT molecular complexity index is 2750. The van der Waals surface area contributed by atoms with Gasteiger partial charge in [-0.05, 0) is 92.3 Å². The Hall–Kier alpha value is -2.03. The van der Waals surface area contributed by atoms with E-state index in [2.05, 4.69) is 41.5 Å². The van der Waals surface area contributed by atoms with Crippen molar-refractivity contribution in [3.05, 3.63) is 11.6 Å². The van der Waals surface area contributed by atoms with Crippen molar-refractivity contribution in [2.24, 2.45) is 45.3 Å². The van der Waals surface area contributed by atoms with E-state index in [1.807, 2.05) is 13.0 Å². The summed E-state index contributed by atoms with van der Waals surface area (Å²) in [6.45, 7) is 9.93. The fourth-order valence-electron chi connectivity index (χ4n) is 19.4. The topological polar surface area (TPSA) is 499 Å². The lowest BCUT2D eigenvalue weighted by molar-refractivity contribution is -0.399. The van der Waals surface area contributed by atoms with Crippen LogP contribution in [0.1, 0.15) is 106 Å². The number of ether oxygens (including phenoxy) is 15. The molecule has 4 aliphatic carbocycles. The number of esters is 1. The minimum Gasteiger partial charge on any atom is -0.459 e. The highest BCUT2D eigenvalue weighted by Gasteiger charge is 2.79. The molecule has 7 aliphatic heterocycles. The first-order chi connectivity index (χ1) is 47.3. The number of carbonyl (C=O) groups is 1. The van der Waals surface area contributed by atoms with Gasteiger partial charge in [-0.15, -0.1) is 0 Å². The number of carbonyl (C=O) groups excluding carboxylic acids is 1. The van der Waals surface area contributed by atoms with Crippen LogP contribution in [0.25, 0.3) is 0 Å². The molecule has 7 heterocycles. The van der Waals surface area contributed by atoms with E-state index >= 15 is 0 Å². The van der Waals surface area contributed by atoms with Gasteiger partial charge in [0.15, 0.2) is 37.7 Å². The van der Waals surface area contributed by atoms with Crippen LogP contribution in [0.3, 0.4) is 0 Å². The second kappa shape index (κ2) is 30.9. The zero-order valence-electron chi connectivity index (χ0n) is 58.0. The lowest BCUT2D eigenvalue weighted by Crippen LogP contribution is -2.68. The van der Waals surface area contributed by atoms with Crippen molar-refractivity contribution < 1.29 is 163 Å². The Balaban J connectivity index is 0.847. The summed E-state index contributed by atoms with van der Waals surface area (Å²) < 4.78 is 89.8. The first-order valence-electron chi connectivity index (χ1n) is 35.3. The zero-order valence-corrected chi connectivity index (χ0v) is 58.0. The molecule has 10 fully saturated rings. The number of fused-ring (bicyclic) bond motifs is 4. The molecule has 3 saturated carbocycles. The van der Waals surface area contributed by atoms with Crippen LogP contribution < -0.4 is 0 Å². The Labute approximate surface area is 579 Å². The normalized spacial score (nSPS) is 52.5. The van der Waals surface area contributed by atoms with E-state index in [9.17, 15) is 91.6 Å². The molecule has 17 N–H and O–H groups in total. The molecule has 1 spiro atoms. The third-order valence-electron chi connectivity index (χ3n) is 24.9. The highest BCUT2D eigenvalue weighted by atomic mass is 16.8. The van der Waals surface area contributed by atoms with Crippen molar-refractivity contribution in [2.45, 2.75) is 302 Å². The lowest BCUT2D eigenvalue weighted by Gasteiger charge is -2.64. The number of allylic oxidation sites excluding steroid dienone is 1. The van der Waals surface area contributed by atoms with Gasteiger partial charge < -0.3 is 158 Å². The molecule has 7 saturated heterocycles. The highest BCUT2D eigenvalue weighted by Crippen LogP contribution is 2.76. The number of rotatable bonds is 23. The van der Waals surface area contributed by atoms with E-state index in [0.717, 1.165) is 38.4 Å². The summed E-state index contributed by atoms with van der Waals surface area (Å²) in [5, 5.41) is 191. The third-order valence-corrected chi connectivity index (χ3v) is 24.9. The second-order valence-corrected chi connectivity index (χ2v) is 31.2. The van der Waals surface area contributed by atoms with Gasteiger partial charge in [-0.25, -0.2) is 0 Å². The molecule has 0 aromatic carbocycles. The fourth-order valence-corrected chi connectivity index (χ4v) is 19.4. The van der Waals surface area contributed by atoms with Crippen LogP contribution in [0.4, 0.5) is 0 Å². The standard InChI is InChI=1S/C67H110O33/c1-26(2)11-10-16-66(7)36-14-18-65(6)27-12-13-35-63(3,4)38(15-17-64(35,5)28(27)19-37(73)67(36,65)62(85)100-66)95-61-55(43(78)34(25-88-61)94-57-48(83)53(41(76)31(22-70)89-57)97-58-46(81)51(86-8)39(74)29(20-68)90-58)99-56-45(80)44(79)50(33(24-72)93-56)96-60-49(84)54(42(77)32(23-71)92-60)98-59-47(82)52(87-9)40(75)30(21-69)91-59/h19,26-27,29-61,68-84H,10-18,20-25H2,1-9H3/t27-,29-,30-,31-,32-,33-,34-,35-,36-,37+,38+,39-,40-,41-,42-,43+,44-,45-,46-,47-,48-,49-,50-,51+,52+,53+,54+,55-,56+,57+,58+,59+,60+,61+,64-,65+,66+,67+/m1/s1. The van der Waals surface area contributed by atoms with Crippen LogP contribution in [0.2, 0.25) is 0 Å². The Kier molecular flexibility index (Phi) is 24.4. The molecule has 38 atom stereocenters. The van der Waals surface area contributed by atoms with E-state index in [0.29, 0.717) is 38.0 Å². The molecule has 0 aromatic heterocycles. The van der Waals surface area contributed by atoms with E-state index in [1.54, 1.807) is 0 Å². The van der Waals surface area contributed by atoms with Crippen molar-refractivity contribution in [1.29, 1.82) is 0 Å². The van der Waals surface area contributed by atoms with Crippen molar-refractivity contribution in [3.63, 3.8) is 0 Å². The molecule has 33 heteroatoms. The van der Waals surface area contributed by atoms with Gasteiger partial charge in [0.05, 0.1) is 51.8 Å². The summed E-state index contributed by atoms with van der Waals surface area (Å²) in [6, 6.07) is 0. The third kappa shape index (κ3) is 13.5. The first-order valence-corrected chi connectivity index (χ1v) is 35.3. The molecule has 33 nitrogen and oxygen atoms in total. The first kappa shape index (κ1) is 79.0. The van der Waals surface area contributed by atoms with Crippen molar-refractivity contribution in [1.82, 2.24) is 0 Å². The van der Waals surface area contributed by atoms with Gasteiger partial charge in [0, 0.05) is 20.1 Å². The molecular weight excluding hydrogens is 1330 g/mol. The van der Waals surface area contributed by atoms with Gasteiger partial charge in [-0.2, -0.15) is 0 Å². The van der Waals surface area contributed by atoms with Crippen LogP contribution in [-0.2, 0) is 75.8 Å². The number of aliphatic hydroxyl groups excluding tert-OH is 17. The summed E-state index contributed by atoms with van der Waals surface area (Å²) in [5.74, 6) is -0.208. The molecule has 100 heavy (non-hydrogen) atoms. The minimum atomic E-state index is -2.19. The maximum Gasteiger partial charge on any atom is 0.316 e. The largest absolute Gasteiger partial charge is 0.459 e. The van der Waals surface area contributed by atoms with Crippen LogP contribution in [0.5, 0.6) is 0 Å². The van der Waals surface area contributed by atoms with Crippen molar-refractivity contribution >= 4 is 5.97 Å². The molecule has 576 valence electrons. The van der Waals surface area contributed by atoms with Gasteiger partial charge in [0.2, 0.25) is 0 Å². The summed E-state index contributed by atoms with van der Waals surface area (Å²) in [4.78, 5) is 14.6. The molecule has 0 aromatic rings. The molecule has 11 rings (SSSR count). The summed E-state index contributed by atoms with van der Waals surface area (Å²) in [5.41, 5.74) is -2.64. The number of aliphatic hydroxyl groups is 17. The van der Waals surface area contributed by atoms with E-state index in [4.69, 9.17) is 71.1 Å². The minimum absolute atomic E-state index is 0.0553. The van der Waals surface area contributed by atoms with E-state index in [-0.39, 0.29) is 23.7 Å². The summed E-state index contributed by atoms with van der Waals surface area (Å²) >= 11 is 0. The maximum atomic E-state index is 14.6. The Morgan fingerprint density at radius 1 is 0.480 bits per heavy atom. The summed E-state index contributed by atoms with van der Waals surface area (Å²) in [7, 11) is 2.34. The monoisotopic (exact) mass is 1440 g/mol. The van der Waals surface area contributed by atoms with Gasteiger partial charge in [0.25, 0.3) is 0 Å². The average Bonchev–Trinajstić information content (AvgIpc) is 1.47. The molecule has 0 radical (unpaired) electrons. The van der Waals surface area contributed by atoms with Gasteiger partial charge in [-0.3, -0.25) is 4.79 Å². The number of cyclic esters (lactones) is 1. The average molecular weight is 1440 g/mol. The summed E-state index contributed by atoms with van der Waals surface area (Å²) in [6.07, 6.45) is -44.7. The van der Waals surface area contributed by atoms with E-state index in [1.165, 1.54) is 7.11 Å². The quantitative estimate of drug-likeness (QED) is 0.0259. The highest BCUT2D eigenvalue weighted by molar-refractivity contribution is 5.84. The number of methoxy groups -OCH3 is 2. The lowest BCUT2D eigenvalue weighted by atomic mass is 9.40. The van der Waals surface area contributed by atoms with Gasteiger partial charge in [-0.1, -0.05) is 59.6 Å². The zero-order chi connectivity index (χ0) is 72.8. The Morgan fingerprint density at radius 3 is 1.44 bits per heavy atom.